The molecule has 0 aliphatic heterocycles. The third-order valence-electron chi connectivity index (χ3n) is 4.49. The van der Waals surface area contributed by atoms with Crippen molar-refractivity contribution in [2.24, 2.45) is 0 Å². The molecule has 0 heterocycles. The summed E-state index contributed by atoms with van der Waals surface area (Å²) in [5, 5.41) is 9.45. The third-order valence-corrected chi connectivity index (χ3v) is 4.49. The van der Waals surface area contributed by atoms with Gasteiger partial charge in [-0.2, -0.15) is 0 Å². The summed E-state index contributed by atoms with van der Waals surface area (Å²) in [6.07, 6.45) is 1.12. The predicted octanol–water partition coefficient (Wildman–Crippen LogP) is 4.51. The van der Waals surface area contributed by atoms with Gasteiger partial charge in [0.15, 0.2) is 0 Å². The largest absolute Gasteiger partial charge is 0.489 e. The lowest BCUT2D eigenvalue weighted by atomic mass is 10.0. The average molecular weight is 348 g/mol. The fourth-order valence-corrected chi connectivity index (χ4v) is 3.10. The second-order valence-corrected chi connectivity index (χ2v) is 6.42. The van der Waals surface area contributed by atoms with E-state index >= 15 is 0 Å². The highest BCUT2D eigenvalue weighted by Crippen LogP contribution is 2.28. The van der Waals surface area contributed by atoms with Gasteiger partial charge in [0.25, 0.3) is 0 Å². The van der Waals surface area contributed by atoms with E-state index in [2.05, 4.69) is 66.1 Å². The van der Waals surface area contributed by atoms with Crippen molar-refractivity contribution in [3.63, 3.8) is 0 Å². The molecule has 0 aromatic heterocycles. The van der Waals surface area contributed by atoms with Gasteiger partial charge in [-0.1, -0.05) is 67.6 Å². The number of rotatable bonds is 10. The standard InChI is InChI=1S/C23H28N2O/c1-2-24-15-8-16-25-17-22-21-12-7-6-11-20(21)13-14-23(22)26-18-19-9-4-3-5-10-19/h3-7,9-14,24-25H,2,8,15-18H2,1H3. The molecule has 0 amide bonds. The second-order valence-electron chi connectivity index (χ2n) is 6.42. The van der Waals surface area contributed by atoms with Crippen molar-refractivity contribution < 1.29 is 4.74 Å². The molecule has 3 rings (SSSR count). The fourth-order valence-electron chi connectivity index (χ4n) is 3.10. The first-order valence-electron chi connectivity index (χ1n) is 9.47. The molecular weight excluding hydrogens is 320 g/mol. The molecule has 2 N–H and O–H groups in total. The molecule has 0 aliphatic rings. The molecule has 3 nitrogen and oxygen atoms in total. The van der Waals surface area contributed by atoms with Gasteiger partial charge in [0, 0.05) is 12.1 Å². The van der Waals surface area contributed by atoms with Crippen LogP contribution in [-0.4, -0.2) is 19.6 Å². The first-order valence-corrected chi connectivity index (χ1v) is 9.47. The zero-order valence-electron chi connectivity index (χ0n) is 15.5. The van der Waals surface area contributed by atoms with E-state index in [1.54, 1.807) is 0 Å². The minimum atomic E-state index is 0.590. The summed E-state index contributed by atoms with van der Waals surface area (Å²) in [6.45, 7) is 6.62. The summed E-state index contributed by atoms with van der Waals surface area (Å²) in [7, 11) is 0. The first-order chi connectivity index (χ1) is 12.9. The van der Waals surface area contributed by atoms with Crippen LogP contribution >= 0.6 is 0 Å². The van der Waals surface area contributed by atoms with E-state index in [1.165, 1.54) is 21.9 Å². The van der Waals surface area contributed by atoms with Crippen molar-refractivity contribution in [3.05, 3.63) is 77.9 Å². The van der Waals surface area contributed by atoms with Crippen LogP contribution in [0.4, 0.5) is 0 Å². The van der Waals surface area contributed by atoms with Crippen molar-refractivity contribution in [2.45, 2.75) is 26.5 Å². The summed E-state index contributed by atoms with van der Waals surface area (Å²) < 4.78 is 6.17. The zero-order chi connectivity index (χ0) is 18.0. The summed E-state index contributed by atoms with van der Waals surface area (Å²) >= 11 is 0. The summed E-state index contributed by atoms with van der Waals surface area (Å²) in [5.74, 6) is 0.965. The van der Waals surface area contributed by atoms with Crippen molar-refractivity contribution in [1.29, 1.82) is 0 Å². The Kier molecular flexibility index (Phi) is 7.05. The molecule has 0 fully saturated rings. The molecule has 0 aliphatic carbocycles. The Morgan fingerprint density at radius 2 is 1.58 bits per heavy atom. The number of fused-ring (bicyclic) bond motifs is 1. The number of hydrogen-bond donors (Lipinski definition) is 2. The van der Waals surface area contributed by atoms with Crippen molar-refractivity contribution in [2.75, 3.05) is 19.6 Å². The maximum atomic E-state index is 6.17. The van der Waals surface area contributed by atoms with E-state index in [4.69, 9.17) is 4.74 Å². The SMILES string of the molecule is CCNCCCNCc1c(OCc2ccccc2)ccc2ccccc12. The molecule has 0 bridgehead atoms. The Morgan fingerprint density at radius 3 is 2.42 bits per heavy atom. The van der Waals surface area contributed by atoms with Gasteiger partial charge in [-0.3, -0.25) is 0 Å². The zero-order valence-corrected chi connectivity index (χ0v) is 15.5. The van der Waals surface area contributed by atoms with Crippen LogP contribution in [-0.2, 0) is 13.2 Å². The summed E-state index contributed by atoms with van der Waals surface area (Å²) in [6, 6.07) is 23.1. The molecule has 3 aromatic carbocycles. The van der Waals surface area contributed by atoms with Gasteiger partial charge in [0.2, 0.25) is 0 Å². The van der Waals surface area contributed by atoms with E-state index in [0.717, 1.165) is 38.3 Å². The molecule has 0 atom stereocenters. The lowest BCUT2D eigenvalue weighted by molar-refractivity contribution is 0.302. The Bertz CT molecular complexity index is 802. The minimum Gasteiger partial charge on any atom is -0.489 e. The second kappa shape index (κ2) is 9.95. The predicted molar refractivity (Wildman–Crippen MR) is 110 cm³/mol. The van der Waals surface area contributed by atoms with E-state index in [1.807, 2.05) is 18.2 Å². The van der Waals surface area contributed by atoms with Crippen LogP contribution < -0.4 is 15.4 Å². The van der Waals surface area contributed by atoms with Gasteiger partial charge in [0.1, 0.15) is 12.4 Å². The van der Waals surface area contributed by atoms with Crippen LogP contribution in [0.25, 0.3) is 10.8 Å². The Labute approximate surface area is 156 Å². The molecule has 0 radical (unpaired) electrons. The van der Waals surface area contributed by atoms with Gasteiger partial charge in [-0.25, -0.2) is 0 Å². The van der Waals surface area contributed by atoms with E-state index in [0.29, 0.717) is 6.61 Å². The van der Waals surface area contributed by atoms with Crippen LogP contribution in [0.5, 0.6) is 5.75 Å². The lowest BCUT2D eigenvalue weighted by Gasteiger charge is -2.15. The van der Waals surface area contributed by atoms with Gasteiger partial charge < -0.3 is 15.4 Å². The molecule has 3 aromatic rings. The van der Waals surface area contributed by atoms with Gasteiger partial charge in [0.05, 0.1) is 0 Å². The Hall–Kier alpha value is -2.36. The molecule has 3 heteroatoms. The smallest absolute Gasteiger partial charge is 0.124 e. The van der Waals surface area contributed by atoms with Gasteiger partial charge >= 0.3 is 0 Å². The van der Waals surface area contributed by atoms with Crippen molar-refractivity contribution in [3.8, 4) is 5.75 Å². The lowest BCUT2D eigenvalue weighted by Crippen LogP contribution is -2.21. The van der Waals surface area contributed by atoms with Gasteiger partial charge in [-0.15, -0.1) is 0 Å². The van der Waals surface area contributed by atoms with Crippen LogP contribution in [0.15, 0.2) is 66.7 Å². The van der Waals surface area contributed by atoms with Crippen molar-refractivity contribution in [1.82, 2.24) is 10.6 Å². The highest BCUT2D eigenvalue weighted by atomic mass is 16.5. The minimum absolute atomic E-state index is 0.590. The summed E-state index contributed by atoms with van der Waals surface area (Å²) in [5.41, 5.74) is 2.42. The molecule has 0 unspecified atom stereocenters. The van der Waals surface area contributed by atoms with Gasteiger partial charge in [-0.05, 0) is 48.5 Å². The number of hydrogen-bond acceptors (Lipinski definition) is 3. The van der Waals surface area contributed by atoms with Crippen LogP contribution in [0.3, 0.4) is 0 Å². The molecular formula is C23H28N2O. The fraction of sp³-hybridized carbons (Fsp3) is 0.304. The van der Waals surface area contributed by atoms with E-state index in [-0.39, 0.29) is 0 Å². The third kappa shape index (κ3) is 5.07. The highest BCUT2D eigenvalue weighted by molar-refractivity contribution is 5.87. The monoisotopic (exact) mass is 348 g/mol. The van der Waals surface area contributed by atoms with E-state index in [9.17, 15) is 0 Å². The molecule has 26 heavy (non-hydrogen) atoms. The molecule has 136 valence electrons. The summed E-state index contributed by atoms with van der Waals surface area (Å²) in [4.78, 5) is 0. The van der Waals surface area contributed by atoms with Crippen LogP contribution in [0.1, 0.15) is 24.5 Å². The topological polar surface area (TPSA) is 33.3 Å². The van der Waals surface area contributed by atoms with E-state index < -0.39 is 0 Å². The normalized spacial score (nSPS) is 11.0. The quantitative estimate of drug-likeness (QED) is 0.529. The first kappa shape index (κ1) is 18.4. The number of nitrogens with one attached hydrogen (secondary N) is 2. The highest BCUT2D eigenvalue weighted by Gasteiger charge is 2.09. The molecule has 0 saturated heterocycles. The maximum absolute atomic E-state index is 6.17. The average Bonchev–Trinajstić information content (AvgIpc) is 2.70. The Morgan fingerprint density at radius 1 is 0.808 bits per heavy atom. The maximum Gasteiger partial charge on any atom is 0.124 e. The van der Waals surface area contributed by atoms with Crippen LogP contribution in [0.2, 0.25) is 0 Å². The molecule has 0 saturated carbocycles. The number of ether oxygens (including phenoxy) is 1. The molecule has 0 spiro atoms. The van der Waals surface area contributed by atoms with Crippen molar-refractivity contribution >= 4 is 10.8 Å². The number of benzene rings is 3. The Balaban J connectivity index is 1.71. The van der Waals surface area contributed by atoms with Crippen LogP contribution in [0, 0.1) is 0 Å².